The Balaban J connectivity index is 1.87. The van der Waals surface area contributed by atoms with Crippen molar-refractivity contribution in [2.75, 3.05) is 0 Å². The van der Waals surface area contributed by atoms with Crippen molar-refractivity contribution in [3.8, 4) is 0 Å². The summed E-state index contributed by atoms with van der Waals surface area (Å²) in [6.07, 6.45) is 6.04. The predicted octanol–water partition coefficient (Wildman–Crippen LogP) is 3.31. The lowest BCUT2D eigenvalue weighted by molar-refractivity contribution is 0.775. The fourth-order valence-electron chi connectivity index (χ4n) is 1.85. The molecule has 4 nitrogen and oxygen atoms in total. The van der Waals surface area contributed by atoms with Crippen LogP contribution >= 0.6 is 11.3 Å². The molecule has 0 aliphatic rings. The smallest absolute Gasteiger partial charge is 0.187 e. The zero-order valence-electron chi connectivity index (χ0n) is 10.7. The minimum Gasteiger partial charge on any atom is -0.187 e. The van der Waals surface area contributed by atoms with Gasteiger partial charge in [0, 0.05) is 6.42 Å². The van der Waals surface area contributed by atoms with Crippen molar-refractivity contribution < 1.29 is 0 Å². The van der Waals surface area contributed by atoms with Crippen LogP contribution in [0.3, 0.4) is 0 Å². The van der Waals surface area contributed by atoms with Crippen LogP contribution in [0.5, 0.6) is 0 Å². The van der Waals surface area contributed by atoms with Crippen molar-refractivity contribution in [1.29, 1.82) is 0 Å². The minimum absolute atomic E-state index is 0.858. The molecule has 0 atom stereocenters. The predicted molar refractivity (Wildman–Crippen MR) is 78.0 cm³/mol. The molecule has 0 N–H and O–H groups in total. The van der Waals surface area contributed by atoms with Crippen LogP contribution in [-0.4, -0.2) is 19.8 Å². The molecule has 0 amide bonds. The van der Waals surface area contributed by atoms with Gasteiger partial charge in [0.15, 0.2) is 5.82 Å². The number of rotatable bonds is 4. The van der Waals surface area contributed by atoms with E-state index in [0.717, 1.165) is 28.6 Å². The Hall–Kier alpha value is -2.01. The first-order chi connectivity index (χ1) is 9.36. The Morgan fingerprint density at radius 2 is 2.00 bits per heavy atom. The van der Waals surface area contributed by atoms with Crippen LogP contribution < -0.4 is 0 Å². The Labute approximate surface area is 115 Å². The number of benzene rings is 1. The molecule has 0 saturated heterocycles. The number of aryl methyl sites for hydroxylation is 1. The monoisotopic (exact) mass is 270 g/mol. The van der Waals surface area contributed by atoms with E-state index in [-0.39, 0.29) is 0 Å². The second-order valence-electron chi connectivity index (χ2n) is 4.24. The van der Waals surface area contributed by atoms with Crippen LogP contribution in [0.15, 0.2) is 30.3 Å². The van der Waals surface area contributed by atoms with Crippen LogP contribution in [0.2, 0.25) is 0 Å². The quantitative estimate of drug-likeness (QED) is 0.730. The number of fused-ring (bicyclic) bond motifs is 1. The number of hydrogen-bond acceptors (Lipinski definition) is 4. The molecule has 0 radical (unpaired) electrons. The summed E-state index contributed by atoms with van der Waals surface area (Å²) < 4.78 is 1.85. The molecule has 1 aromatic carbocycles. The van der Waals surface area contributed by atoms with Gasteiger partial charge in [0.05, 0.1) is 0 Å². The highest BCUT2D eigenvalue weighted by molar-refractivity contribution is 7.17. The third kappa shape index (κ3) is 2.56. The SMILES string of the molecule is CCCc1nnc2sc(/C=C\c3ccccc3)nn12. The fraction of sp³-hybridized carbons (Fsp3) is 0.214. The molecule has 0 bridgehead atoms. The van der Waals surface area contributed by atoms with E-state index >= 15 is 0 Å². The summed E-state index contributed by atoms with van der Waals surface area (Å²) in [5, 5.41) is 13.8. The van der Waals surface area contributed by atoms with E-state index in [9.17, 15) is 0 Å². The van der Waals surface area contributed by atoms with E-state index in [4.69, 9.17) is 0 Å². The van der Waals surface area contributed by atoms with Crippen molar-refractivity contribution in [2.45, 2.75) is 19.8 Å². The summed E-state index contributed by atoms with van der Waals surface area (Å²) in [5.41, 5.74) is 1.17. The molecule has 0 aliphatic carbocycles. The lowest BCUT2D eigenvalue weighted by Crippen LogP contribution is -1.94. The van der Waals surface area contributed by atoms with Crippen molar-refractivity contribution in [1.82, 2.24) is 19.8 Å². The Morgan fingerprint density at radius 3 is 2.79 bits per heavy atom. The number of aromatic nitrogens is 4. The van der Waals surface area contributed by atoms with Gasteiger partial charge in [-0.25, -0.2) is 0 Å². The largest absolute Gasteiger partial charge is 0.234 e. The zero-order valence-corrected chi connectivity index (χ0v) is 11.5. The normalized spacial score (nSPS) is 11.6. The maximum atomic E-state index is 4.53. The third-order valence-corrected chi connectivity index (χ3v) is 3.63. The third-order valence-electron chi connectivity index (χ3n) is 2.76. The highest BCUT2D eigenvalue weighted by Crippen LogP contribution is 2.17. The van der Waals surface area contributed by atoms with E-state index in [1.165, 1.54) is 5.56 Å². The molecule has 96 valence electrons. The average Bonchev–Trinajstić information content (AvgIpc) is 3.00. The average molecular weight is 270 g/mol. The van der Waals surface area contributed by atoms with Gasteiger partial charge in [-0.1, -0.05) is 54.7 Å². The van der Waals surface area contributed by atoms with Crippen molar-refractivity contribution in [2.24, 2.45) is 0 Å². The van der Waals surface area contributed by atoms with Gasteiger partial charge >= 0.3 is 0 Å². The first-order valence-corrected chi connectivity index (χ1v) is 7.12. The Bertz CT molecular complexity index is 697. The fourth-order valence-corrected chi connectivity index (χ4v) is 2.61. The van der Waals surface area contributed by atoms with Crippen LogP contribution in [0, 0.1) is 0 Å². The first-order valence-electron chi connectivity index (χ1n) is 6.31. The molecule has 0 unspecified atom stereocenters. The van der Waals surface area contributed by atoms with Crippen LogP contribution in [0.25, 0.3) is 17.1 Å². The minimum atomic E-state index is 0.858. The molecule has 0 saturated carbocycles. The Morgan fingerprint density at radius 1 is 1.16 bits per heavy atom. The van der Waals surface area contributed by atoms with E-state index in [1.807, 2.05) is 28.8 Å². The summed E-state index contributed by atoms with van der Waals surface area (Å²) in [6.45, 7) is 2.13. The van der Waals surface area contributed by atoms with Crippen molar-refractivity contribution in [3.63, 3.8) is 0 Å². The van der Waals surface area contributed by atoms with Gasteiger partial charge in [0.1, 0.15) is 5.01 Å². The highest BCUT2D eigenvalue weighted by Gasteiger charge is 2.08. The molecule has 3 aromatic rings. The second kappa shape index (κ2) is 5.32. The molecule has 0 spiro atoms. The molecule has 19 heavy (non-hydrogen) atoms. The Kier molecular flexibility index (Phi) is 3.37. The molecular weight excluding hydrogens is 256 g/mol. The highest BCUT2D eigenvalue weighted by atomic mass is 32.1. The summed E-state index contributed by atoms with van der Waals surface area (Å²) in [7, 11) is 0. The molecule has 0 fully saturated rings. The summed E-state index contributed by atoms with van der Waals surface area (Å²) in [5.74, 6) is 0.938. The maximum Gasteiger partial charge on any atom is 0.234 e. The second-order valence-corrected chi connectivity index (χ2v) is 5.23. The van der Waals surface area contributed by atoms with Gasteiger partial charge in [0.25, 0.3) is 0 Å². The molecule has 5 heteroatoms. The standard InChI is InChI=1S/C14H14N4S/c1-2-6-12-15-16-14-18(12)17-13(19-14)10-9-11-7-4-3-5-8-11/h3-5,7-10H,2,6H2,1H3/b10-9-. The summed E-state index contributed by atoms with van der Waals surface area (Å²) >= 11 is 1.55. The molecule has 3 rings (SSSR count). The maximum absolute atomic E-state index is 4.53. The number of nitrogens with zero attached hydrogens (tertiary/aromatic N) is 4. The van der Waals surface area contributed by atoms with Gasteiger partial charge in [0.2, 0.25) is 4.96 Å². The van der Waals surface area contributed by atoms with Crippen LogP contribution in [0.1, 0.15) is 29.7 Å². The van der Waals surface area contributed by atoms with Gasteiger partial charge in [-0.05, 0) is 18.1 Å². The van der Waals surface area contributed by atoms with Crippen molar-refractivity contribution >= 4 is 28.4 Å². The summed E-state index contributed by atoms with van der Waals surface area (Å²) in [6, 6.07) is 10.2. The van der Waals surface area contributed by atoms with Crippen molar-refractivity contribution in [3.05, 3.63) is 46.7 Å². The molecule has 2 aromatic heterocycles. The summed E-state index contributed by atoms with van der Waals surface area (Å²) in [4.78, 5) is 0.858. The molecule has 0 aliphatic heterocycles. The number of hydrogen-bond donors (Lipinski definition) is 0. The van der Waals surface area contributed by atoms with E-state index in [1.54, 1.807) is 11.3 Å². The van der Waals surface area contributed by atoms with Crippen LogP contribution in [-0.2, 0) is 6.42 Å². The van der Waals surface area contributed by atoms with Gasteiger partial charge < -0.3 is 0 Å². The van der Waals surface area contributed by atoms with Crippen LogP contribution in [0.4, 0.5) is 0 Å². The van der Waals surface area contributed by atoms with E-state index < -0.39 is 0 Å². The topological polar surface area (TPSA) is 43.1 Å². The lowest BCUT2D eigenvalue weighted by Gasteiger charge is -1.91. The van der Waals surface area contributed by atoms with E-state index in [0.29, 0.717) is 0 Å². The van der Waals surface area contributed by atoms with E-state index in [2.05, 4.69) is 40.4 Å². The molecular formula is C14H14N4S. The van der Waals surface area contributed by atoms with Gasteiger partial charge in [-0.2, -0.15) is 9.61 Å². The zero-order chi connectivity index (χ0) is 13.1. The van der Waals surface area contributed by atoms with Gasteiger partial charge in [-0.3, -0.25) is 0 Å². The molecule has 2 heterocycles. The lowest BCUT2D eigenvalue weighted by atomic mass is 10.2. The first kappa shape index (κ1) is 12.0. The van der Waals surface area contributed by atoms with Gasteiger partial charge in [-0.15, -0.1) is 10.2 Å².